The molecule has 1 aromatic carbocycles. The van der Waals surface area contributed by atoms with E-state index in [0.717, 1.165) is 12.8 Å². The van der Waals surface area contributed by atoms with E-state index in [1.807, 2.05) is 0 Å². The number of halogens is 1. The molecule has 0 saturated heterocycles. The minimum absolute atomic E-state index is 0.0123. The monoisotopic (exact) mass is 327 g/mol. The molecule has 1 fully saturated rings. The van der Waals surface area contributed by atoms with E-state index in [0.29, 0.717) is 15.7 Å². The number of phenols is 1. The number of rotatable bonds is 4. The van der Waals surface area contributed by atoms with Gasteiger partial charge in [0.2, 0.25) is 5.91 Å². The van der Waals surface area contributed by atoms with Crippen LogP contribution in [0.4, 0.5) is 5.69 Å². The molecule has 3 N–H and O–H groups in total. The van der Waals surface area contributed by atoms with Crippen LogP contribution in [0.5, 0.6) is 5.75 Å². The maximum absolute atomic E-state index is 11.2. The first-order chi connectivity index (χ1) is 8.85. The molecule has 6 heteroatoms. The van der Waals surface area contributed by atoms with Gasteiger partial charge in [0.05, 0.1) is 12.1 Å². The lowest BCUT2D eigenvalue weighted by Crippen LogP contribution is -2.18. The Morgan fingerprint density at radius 3 is 2.53 bits per heavy atom. The van der Waals surface area contributed by atoms with E-state index in [9.17, 15) is 14.7 Å². The normalized spacial score (nSPS) is 15.9. The molecular weight excluding hydrogens is 314 g/mol. The number of anilines is 1. The van der Waals surface area contributed by atoms with Crippen LogP contribution in [0.25, 0.3) is 0 Å². The molecule has 1 amide bonds. The first kappa shape index (κ1) is 13.9. The zero-order valence-corrected chi connectivity index (χ0v) is 12.0. The fourth-order valence-corrected chi connectivity index (χ4v) is 3.09. The smallest absolute Gasteiger partial charge is 0.304 e. The summed E-state index contributed by atoms with van der Waals surface area (Å²) in [6.07, 6.45) is 1.45. The number of benzene rings is 1. The summed E-state index contributed by atoms with van der Waals surface area (Å²) >= 11 is 3.38. The molecule has 102 valence electrons. The highest BCUT2D eigenvalue weighted by Gasteiger charge is 2.49. The van der Waals surface area contributed by atoms with E-state index in [4.69, 9.17) is 5.11 Å². The van der Waals surface area contributed by atoms with E-state index in [-0.39, 0.29) is 18.1 Å². The van der Waals surface area contributed by atoms with Gasteiger partial charge < -0.3 is 15.5 Å². The Bertz CT molecular complexity index is 552. The highest BCUT2D eigenvalue weighted by atomic mass is 79.9. The van der Waals surface area contributed by atoms with Gasteiger partial charge in [0.1, 0.15) is 5.75 Å². The van der Waals surface area contributed by atoms with Crippen molar-refractivity contribution >= 4 is 33.5 Å². The molecule has 1 aliphatic carbocycles. The van der Waals surface area contributed by atoms with Gasteiger partial charge in [-0.05, 0) is 25.0 Å². The van der Waals surface area contributed by atoms with Crippen molar-refractivity contribution in [1.82, 2.24) is 0 Å². The van der Waals surface area contributed by atoms with E-state index in [1.54, 1.807) is 6.07 Å². The number of hydrogen-bond donors (Lipinski definition) is 3. The van der Waals surface area contributed by atoms with Crippen LogP contribution in [0, 0.1) is 0 Å². The lowest BCUT2D eigenvalue weighted by molar-refractivity contribution is -0.137. The quantitative estimate of drug-likeness (QED) is 0.742. The van der Waals surface area contributed by atoms with Crippen molar-refractivity contribution in [2.45, 2.75) is 31.6 Å². The number of amides is 1. The van der Waals surface area contributed by atoms with Crippen LogP contribution in [0.1, 0.15) is 31.7 Å². The Kier molecular flexibility index (Phi) is 3.54. The summed E-state index contributed by atoms with van der Waals surface area (Å²) in [5.41, 5.74) is 0.479. The van der Waals surface area contributed by atoms with Crippen molar-refractivity contribution in [2.75, 3.05) is 5.32 Å². The molecule has 0 aliphatic heterocycles. The van der Waals surface area contributed by atoms with Crippen LogP contribution in [0.2, 0.25) is 0 Å². The van der Waals surface area contributed by atoms with Crippen LogP contribution < -0.4 is 5.32 Å². The maximum atomic E-state index is 11.2. The molecular formula is C13H14BrNO4. The van der Waals surface area contributed by atoms with E-state index < -0.39 is 11.4 Å². The first-order valence-corrected chi connectivity index (χ1v) is 6.66. The second kappa shape index (κ2) is 4.85. The molecule has 1 saturated carbocycles. The molecule has 0 heterocycles. The van der Waals surface area contributed by atoms with Gasteiger partial charge in [0.25, 0.3) is 0 Å². The van der Waals surface area contributed by atoms with E-state index in [2.05, 4.69) is 21.2 Å². The minimum atomic E-state index is -0.887. The third kappa shape index (κ3) is 2.73. The molecule has 1 aliphatic rings. The zero-order chi connectivity index (χ0) is 14.2. The molecule has 19 heavy (non-hydrogen) atoms. The Balaban J connectivity index is 2.52. The SMILES string of the molecule is CC(=O)Nc1c(O)ccc(Br)c1C1(CC(=O)O)CC1. The summed E-state index contributed by atoms with van der Waals surface area (Å²) in [6, 6.07) is 3.13. The number of carboxylic acid groups (broad SMARTS) is 1. The zero-order valence-electron chi connectivity index (χ0n) is 10.4. The van der Waals surface area contributed by atoms with Crippen LogP contribution in [-0.4, -0.2) is 22.1 Å². The summed E-state index contributed by atoms with van der Waals surface area (Å²) in [6.45, 7) is 1.35. The predicted molar refractivity (Wildman–Crippen MR) is 73.3 cm³/mol. The minimum Gasteiger partial charge on any atom is -0.506 e. The van der Waals surface area contributed by atoms with Crippen LogP contribution in [-0.2, 0) is 15.0 Å². The Morgan fingerprint density at radius 2 is 2.05 bits per heavy atom. The summed E-state index contributed by atoms with van der Waals surface area (Å²) in [5.74, 6) is -1.24. The highest BCUT2D eigenvalue weighted by molar-refractivity contribution is 9.10. The Hall–Kier alpha value is -1.56. The molecule has 0 bridgehead atoms. The summed E-state index contributed by atoms with van der Waals surface area (Å²) in [7, 11) is 0. The van der Waals surface area contributed by atoms with Crippen molar-refractivity contribution in [1.29, 1.82) is 0 Å². The van der Waals surface area contributed by atoms with Crippen LogP contribution in [0.15, 0.2) is 16.6 Å². The number of carbonyl (C=O) groups is 2. The highest BCUT2D eigenvalue weighted by Crippen LogP contribution is 2.57. The molecule has 5 nitrogen and oxygen atoms in total. The predicted octanol–water partition coefficient (Wildman–Crippen LogP) is 2.62. The third-order valence-electron chi connectivity index (χ3n) is 3.31. The van der Waals surface area contributed by atoms with Crippen molar-refractivity contribution < 1.29 is 19.8 Å². The number of aliphatic carboxylic acids is 1. The summed E-state index contributed by atoms with van der Waals surface area (Å²) in [4.78, 5) is 22.2. The van der Waals surface area contributed by atoms with Crippen LogP contribution in [0.3, 0.4) is 0 Å². The molecule has 0 radical (unpaired) electrons. The number of carbonyl (C=O) groups excluding carboxylic acids is 1. The van der Waals surface area contributed by atoms with E-state index in [1.165, 1.54) is 13.0 Å². The third-order valence-corrected chi connectivity index (χ3v) is 3.97. The van der Waals surface area contributed by atoms with Gasteiger partial charge in [-0.3, -0.25) is 9.59 Å². The number of carboxylic acids is 1. The number of nitrogens with one attached hydrogen (secondary N) is 1. The summed E-state index contributed by atoms with van der Waals surface area (Å²) < 4.78 is 0.702. The van der Waals surface area contributed by atoms with Gasteiger partial charge in [-0.15, -0.1) is 0 Å². The standard InChI is InChI=1S/C13H14BrNO4/c1-7(16)15-12-9(17)3-2-8(14)11(12)13(4-5-13)6-10(18)19/h2-3,17H,4-6H2,1H3,(H,15,16)(H,18,19). The first-order valence-electron chi connectivity index (χ1n) is 5.87. The average Bonchev–Trinajstić information content (AvgIpc) is 3.02. The molecule has 2 rings (SSSR count). The van der Waals surface area contributed by atoms with E-state index >= 15 is 0 Å². The second-order valence-corrected chi connectivity index (χ2v) is 5.70. The van der Waals surface area contributed by atoms with Crippen molar-refractivity contribution in [3.63, 3.8) is 0 Å². The number of hydrogen-bond acceptors (Lipinski definition) is 3. The largest absolute Gasteiger partial charge is 0.506 e. The molecule has 0 spiro atoms. The van der Waals surface area contributed by atoms with Gasteiger partial charge in [0, 0.05) is 22.4 Å². The Labute approximate surface area is 118 Å². The molecule has 0 atom stereocenters. The Morgan fingerprint density at radius 1 is 1.42 bits per heavy atom. The lowest BCUT2D eigenvalue weighted by atomic mass is 9.90. The molecule has 1 aromatic rings. The van der Waals surface area contributed by atoms with Gasteiger partial charge in [-0.2, -0.15) is 0 Å². The van der Waals surface area contributed by atoms with Crippen molar-refractivity contribution in [3.05, 3.63) is 22.2 Å². The number of aromatic hydroxyl groups is 1. The fourth-order valence-electron chi connectivity index (χ4n) is 2.34. The average molecular weight is 328 g/mol. The second-order valence-electron chi connectivity index (χ2n) is 4.85. The summed E-state index contributed by atoms with van der Waals surface area (Å²) in [5, 5.41) is 21.5. The van der Waals surface area contributed by atoms with Gasteiger partial charge in [-0.1, -0.05) is 15.9 Å². The van der Waals surface area contributed by atoms with Gasteiger partial charge in [-0.25, -0.2) is 0 Å². The van der Waals surface area contributed by atoms with Crippen molar-refractivity contribution in [3.8, 4) is 5.75 Å². The van der Waals surface area contributed by atoms with Gasteiger partial charge in [0.15, 0.2) is 0 Å². The topological polar surface area (TPSA) is 86.6 Å². The maximum Gasteiger partial charge on any atom is 0.304 e. The van der Waals surface area contributed by atoms with Crippen molar-refractivity contribution in [2.24, 2.45) is 0 Å². The molecule has 0 unspecified atom stereocenters. The number of phenolic OH excluding ortho intramolecular Hbond substituents is 1. The fraction of sp³-hybridized carbons (Fsp3) is 0.385. The lowest BCUT2D eigenvalue weighted by Gasteiger charge is -2.20. The van der Waals surface area contributed by atoms with Crippen LogP contribution >= 0.6 is 15.9 Å². The molecule has 0 aromatic heterocycles. The van der Waals surface area contributed by atoms with Gasteiger partial charge >= 0.3 is 5.97 Å².